The van der Waals surface area contributed by atoms with Crippen LogP contribution in [0.25, 0.3) is 0 Å². The van der Waals surface area contributed by atoms with Crippen molar-refractivity contribution in [3.63, 3.8) is 0 Å². The molecule has 2 heterocycles. The van der Waals surface area contributed by atoms with E-state index in [1.54, 1.807) is 29.0 Å². The zero-order chi connectivity index (χ0) is 19.5. The van der Waals surface area contributed by atoms with Crippen LogP contribution in [0.15, 0.2) is 24.3 Å². The molecular weight excluding hydrogens is 358 g/mol. The highest BCUT2D eigenvalue weighted by Crippen LogP contribution is 2.24. The van der Waals surface area contributed by atoms with Crippen LogP contribution in [-0.2, 0) is 24.1 Å². The third-order valence-corrected chi connectivity index (χ3v) is 5.30. The summed E-state index contributed by atoms with van der Waals surface area (Å²) in [7, 11) is 1.76. The summed E-state index contributed by atoms with van der Waals surface area (Å²) in [6, 6.07) is 7.00. The van der Waals surface area contributed by atoms with Crippen LogP contribution in [0.3, 0.4) is 0 Å². The zero-order valence-electron chi connectivity index (χ0n) is 16.0. The SMILES string of the molecule is CN(Cc1n[nH]c2c1CCCCC2)C(=O)Nc1cccc(N2CCOC2=O)c1. The molecule has 1 aromatic heterocycles. The van der Waals surface area contributed by atoms with E-state index in [1.807, 2.05) is 12.1 Å². The minimum atomic E-state index is -0.361. The lowest BCUT2D eigenvalue weighted by Gasteiger charge is -2.19. The number of ether oxygens (including phenoxy) is 1. The Balaban J connectivity index is 1.41. The molecule has 2 N–H and O–H groups in total. The quantitative estimate of drug-likeness (QED) is 0.793. The Morgan fingerprint density at radius 3 is 3.00 bits per heavy atom. The van der Waals surface area contributed by atoms with Crippen molar-refractivity contribution in [3.8, 4) is 0 Å². The number of carbonyl (C=O) groups excluding carboxylic acids is 2. The first-order chi connectivity index (χ1) is 13.6. The van der Waals surface area contributed by atoms with Crippen LogP contribution in [-0.4, -0.2) is 47.4 Å². The van der Waals surface area contributed by atoms with Gasteiger partial charge in [-0.05, 0) is 49.4 Å². The van der Waals surface area contributed by atoms with Crippen molar-refractivity contribution in [1.29, 1.82) is 0 Å². The number of anilines is 2. The highest BCUT2D eigenvalue weighted by atomic mass is 16.6. The van der Waals surface area contributed by atoms with Gasteiger partial charge in [0.1, 0.15) is 6.61 Å². The Morgan fingerprint density at radius 1 is 1.32 bits per heavy atom. The number of aromatic nitrogens is 2. The lowest BCUT2D eigenvalue weighted by molar-refractivity contribution is 0.181. The van der Waals surface area contributed by atoms with Crippen LogP contribution >= 0.6 is 0 Å². The van der Waals surface area contributed by atoms with Crippen LogP contribution < -0.4 is 10.2 Å². The van der Waals surface area contributed by atoms with Gasteiger partial charge in [0.25, 0.3) is 0 Å². The van der Waals surface area contributed by atoms with Gasteiger partial charge >= 0.3 is 12.1 Å². The summed E-state index contributed by atoms with van der Waals surface area (Å²) >= 11 is 0. The molecule has 2 aromatic rings. The number of nitrogens with one attached hydrogen (secondary N) is 2. The largest absolute Gasteiger partial charge is 0.447 e. The van der Waals surface area contributed by atoms with Gasteiger partial charge in [-0.2, -0.15) is 5.10 Å². The van der Waals surface area contributed by atoms with E-state index in [2.05, 4.69) is 15.5 Å². The van der Waals surface area contributed by atoms with Gasteiger partial charge in [-0.3, -0.25) is 10.00 Å². The smallest absolute Gasteiger partial charge is 0.414 e. The normalized spacial score (nSPS) is 16.3. The average Bonchev–Trinajstić information content (AvgIpc) is 3.20. The number of rotatable bonds is 4. The first-order valence-corrected chi connectivity index (χ1v) is 9.73. The Labute approximate surface area is 163 Å². The molecule has 1 aromatic carbocycles. The number of H-pyrrole nitrogens is 1. The molecule has 0 atom stereocenters. The van der Waals surface area contributed by atoms with Gasteiger partial charge in [0.15, 0.2) is 0 Å². The summed E-state index contributed by atoms with van der Waals surface area (Å²) in [6.07, 6.45) is 5.28. The van der Waals surface area contributed by atoms with Gasteiger partial charge in [0.2, 0.25) is 0 Å². The molecule has 0 bridgehead atoms. The molecular formula is C20H25N5O3. The summed E-state index contributed by atoms with van der Waals surface area (Å²) in [6.45, 7) is 1.35. The van der Waals surface area contributed by atoms with E-state index >= 15 is 0 Å². The van der Waals surface area contributed by atoms with Crippen LogP contribution in [0.5, 0.6) is 0 Å². The van der Waals surface area contributed by atoms with Gasteiger partial charge in [0, 0.05) is 24.1 Å². The number of hydrogen-bond acceptors (Lipinski definition) is 4. The molecule has 3 amide bonds. The van der Waals surface area contributed by atoms with Gasteiger partial charge in [-0.1, -0.05) is 12.5 Å². The number of hydrogen-bond donors (Lipinski definition) is 2. The van der Waals surface area contributed by atoms with Crippen molar-refractivity contribution < 1.29 is 14.3 Å². The Bertz CT molecular complexity index is 878. The van der Waals surface area contributed by atoms with E-state index < -0.39 is 0 Å². The molecule has 0 unspecified atom stereocenters. The summed E-state index contributed by atoms with van der Waals surface area (Å²) in [4.78, 5) is 27.6. The standard InChI is InChI=1S/C20H25N5O3/c1-24(13-18-16-8-3-2-4-9-17(16)22-23-18)19(26)21-14-6-5-7-15(12-14)25-10-11-28-20(25)27/h5-7,12H,2-4,8-11,13H2,1H3,(H,21,26)(H,22,23). The van der Waals surface area contributed by atoms with Crippen molar-refractivity contribution in [2.75, 3.05) is 30.4 Å². The van der Waals surface area contributed by atoms with Crippen molar-refractivity contribution in [2.45, 2.75) is 38.6 Å². The molecule has 1 saturated heterocycles. The van der Waals surface area contributed by atoms with E-state index in [9.17, 15) is 9.59 Å². The Morgan fingerprint density at radius 2 is 2.18 bits per heavy atom. The summed E-state index contributed by atoms with van der Waals surface area (Å²) < 4.78 is 4.97. The number of nitrogens with zero attached hydrogens (tertiary/aromatic N) is 3. The molecule has 8 heteroatoms. The fraction of sp³-hybridized carbons (Fsp3) is 0.450. The molecule has 0 saturated carbocycles. The van der Waals surface area contributed by atoms with Crippen LogP contribution in [0.1, 0.15) is 36.2 Å². The summed E-state index contributed by atoms with van der Waals surface area (Å²) in [5.41, 5.74) is 4.77. The number of aromatic amines is 1. The zero-order valence-corrected chi connectivity index (χ0v) is 16.0. The topological polar surface area (TPSA) is 90.6 Å². The number of fused-ring (bicyclic) bond motifs is 1. The Kier molecular flexibility index (Phi) is 5.18. The van der Waals surface area contributed by atoms with Gasteiger partial charge in [0.05, 0.1) is 18.8 Å². The molecule has 0 spiro atoms. The molecule has 1 fully saturated rings. The summed E-state index contributed by atoms with van der Waals surface area (Å²) in [5.74, 6) is 0. The maximum absolute atomic E-state index is 12.6. The molecule has 28 heavy (non-hydrogen) atoms. The second kappa shape index (κ2) is 7.92. The highest BCUT2D eigenvalue weighted by Gasteiger charge is 2.24. The predicted octanol–water partition coefficient (Wildman–Crippen LogP) is 3.30. The number of benzene rings is 1. The maximum Gasteiger partial charge on any atom is 0.414 e. The minimum absolute atomic E-state index is 0.216. The number of amides is 3. The van der Waals surface area contributed by atoms with Crippen LogP contribution in [0.2, 0.25) is 0 Å². The third-order valence-electron chi connectivity index (χ3n) is 5.30. The highest BCUT2D eigenvalue weighted by molar-refractivity contribution is 5.93. The lowest BCUT2D eigenvalue weighted by Crippen LogP contribution is -2.31. The predicted molar refractivity (Wildman–Crippen MR) is 105 cm³/mol. The fourth-order valence-corrected chi connectivity index (χ4v) is 3.75. The van der Waals surface area contributed by atoms with Gasteiger partial charge in [-0.25, -0.2) is 9.59 Å². The van der Waals surface area contributed by atoms with E-state index in [0.29, 0.717) is 31.1 Å². The lowest BCUT2D eigenvalue weighted by atomic mass is 10.1. The van der Waals surface area contributed by atoms with Gasteiger partial charge < -0.3 is 15.0 Å². The molecule has 1 aliphatic carbocycles. The second-order valence-electron chi connectivity index (χ2n) is 7.29. The Hall–Kier alpha value is -3.03. The number of aryl methyl sites for hydroxylation is 1. The van der Waals surface area contributed by atoms with Crippen molar-refractivity contribution >= 4 is 23.5 Å². The first-order valence-electron chi connectivity index (χ1n) is 9.73. The molecule has 8 nitrogen and oxygen atoms in total. The monoisotopic (exact) mass is 383 g/mol. The molecule has 1 aliphatic heterocycles. The number of urea groups is 1. The summed E-state index contributed by atoms with van der Waals surface area (Å²) in [5, 5.41) is 10.5. The number of cyclic esters (lactones) is 1. The maximum atomic E-state index is 12.6. The molecule has 2 aliphatic rings. The average molecular weight is 383 g/mol. The molecule has 4 rings (SSSR count). The van der Waals surface area contributed by atoms with Crippen molar-refractivity contribution in [1.82, 2.24) is 15.1 Å². The first kappa shape index (κ1) is 18.3. The van der Waals surface area contributed by atoms with E-state index in [0.717, 1.165) is 18.5 Å². The molecule has 0 radical (unpaired) electrons. The second-order valence-corrected chi connectivity index (χ2v) is 7.29. The van der Waals surface area contributed by atoms with Crippen LogP contribution in [0.4, 0.5) is 21.0 Å². The van der Waals surface area contributed by atoms with Crippen molar-refractivity contribution in [2.24, 2.45) is 0 Å². The van der Waals surface area contributed by atoms with E-state index in [-0.39, 0.29) is 12.1 Å². The van der Waals surface area contributed by atoms with E-state index in [4.69, 9.17) is 4.74 Å². The van der Waals surface area contributed by atoms with Crippen molar-refractivity contribution in [3.05, 3.63) is 41.2 Å². The minimum Gasteiger partial charge on any atom is -0.447 e. The fourth-order valence-electron chi connectivity index (χ4n) is 3.75. The number of carbonyl (C=O) groups is 2. The third kappa shape index (κ3) is 3.81. The van der Waals surface area contributed by atoms with E-state index in [1.165, 1.54) is 30.5 Å². The van der Waals surface area contributed by atoms with Crippen LogP contribution in [0, 0.1) is 0 Å². The molecule has 148 valence electrons. The van der Waals surface area contributed by atoms with Gasteiger partial charge in [-0.15, -0.1) is 0 Å².